The highest BCUT2D eigenvalue weighted by molar-refractivity contribution is 7.14. The van der Waals surface area contributed by atoms with Crippen molar-refractivity contribution in [2.24, 2.45) is 0 Å². The van der Waals surface area contributed by atoms with Crippen molar-refractivity contribution < 1.29 is 24.2 Å². The van der Waals surface area contributed by atoms with Crippen molar-refractivity contribution in [3.05, 3.63) is 23.1 Å². The van der Waals surface area contributed by atoms with E-state index in [0.29, 0.717) is 26.2 Å². The molecule has 3 aliphatic rings. The normalized spacial score (nSPS) is 20.3. The molecular formula is C27H36N4O5S. The van der Waals surface area contributed by atoms with Crippen molar-refractivity contribution in [2.75, 3.05) is 36.0 Å². The number of carbonyl (C=O) groups excluding carboxylic acids is 1. The lowest BCUT2D eigenvalue weighted by Crippen LogP contribution is -2.50. The van der Waals surface area contributed by atoms with E-state index < -0.39 is 11.7 Å². The number of ether oxygens (including phenoxy) is 2. The van der Waals surface area contributed by atoms with E-state index in [9.17, 15) is 14.7 Å². The maximum atomic E-state index is 12.4. The molecule has 200 valence electrons. The maximum absolute atomic E-state index is 12.4. The van der Waals surface area contributed by atoms with Crippen LogP contribution in [0.1, 0.15) is 58.9 Å². The molecule has 2 aliphatic heterocycles. The molecule has 1 saturated heterocycles. The number of benzene rings is 1. The highest BCUT2D eigenvalue weighted by atomic mass is 32.1. The fraction of sp³-hybridized carbons (Fsp3) is 0.593. The first-order chi connectivity index (χ1) is 17.6. The van der Waals surface area contributed by atoms with Crippen molar-refractivity contribution in [3.63, 3.8) is 0 Å². The molecule has 3 heterocycles. The van der Waals surface area contributed by atoms with Crippen LogP contribution in [0.25, 0.3) is 11.3 Å². The van der Waals surface area contributed by atoms with Gasteiger partial charge in [0.05, 0.1) is 17.5 Å². The third-order valence-corrected chi connectivity index (χ3v) is 8.16. The summed E-state index contributed by atoms with van der Waals surface area (Å²) in [5, 5.41) is 12.8. The number of hydrogen-bond donors (Lipinski definition) is 1. The molecule has 9 nitrogen and oxygen atoms in total. The Morgan fingerprint density at radius 1 is 1.11 bits per heavy atom. The zero-order valence-electron chi connectivity index (χ0n) is 22.0. The lowest BCUT2D eigenvalue weighted by atomic mass is 9.92. The smallest absolute Gasteiger partial charge is 0.412 e. The van der Waals surface area contributed by atoms with E-state index in [4.69, 9.17) is 14.5 Å². The fourth-order valence-electron chi connectivity index (χ4n) is 5.03. The molecule has 1 N–H and O–H groups in total. The maximum Gasteiger partial charge on any atom is 0.412 e. The van der Waals surface area contributed by atoms with Gasteiger partial charge in [0.15, 0.2) is 5.13 Å². The average Bonchev–Trinajstić information content (AvgIpc) is 3.30. The van der Waals surface area contributed by atoms with Crippen LogP contribution in [0.15, 0.2) is 17.5 Å². The molecule has 1 aromatic heterocycles. The number of aromatic nitrogens is 1. The van der Waals surface area contributed by atoms with Crippen molar-refractivity contribution in [3.8, 4) is 17.0 Å². The highest BCUT2D eigenvalue weighted by Gasteiger charge is 2.33. The molecule has 10 heteroatoms. The van der Waals surface area contributed by atoms with Crippen LogP contribution in [0.5, 0.6) is 5.75 Å². The van der Waals surface area contributed by atoms with Gasteiger partial charge in [0.1, 0.15) is 11.4 Å². The molecule has 5 rings (SSSR count). The van der Waals surface area contributed by atoms with E-state index in [-0.39, 0.29) is 18.2 Å². The standard InChI is InChI=1S/C27H36N4O5S/c1-17-8-9-20-22(31(17)25(32)33)11-10-19(23(20)35-18-6-5-7-18)21-16-37-24(28-21)29-12-14-30(15-13-29)26(34)36-27(2,3)4/h10-11,16-18H,5-9,12-15H2,1-4H3,(H,32,33). The number of nitrogens with zero attached hydrogens (tertiary/aromatic N) is 4. The zero-order chi connectivity index (χ0) is 26.3. The van der Waals surface area contributed by atoms with E-state index in [2.05, 4.69) is 4.90 Å². The van der Waals surface area contributed by atoms with E-state index in [1.54, 1.807) is 16.2 Å². The summed E-state index contributed by atoms with van der Waals surface area (Å²) >= 11 is 1.58. The minimum atomic E-state index is -0.933. The number of hydrogen-bond acceptors (Lipinski definition) is 7. The van der Waals surface area contributed by atoms with Crippen molar-refractivity contribution >= 4 is 34.3 Å². The van der Waals surface area contributed by atoms with Crippen molar-refractivity contribution in [2.45, 2.75) is 77.5 Å². The molecule has 2 amide bonds. The highest BCUT2D eigenvalue weighted by Crippen LogP contribution is 2.45. The monoisotopic (exact) mass is 528 g/mol. The van der Waals surface area contributed by atoms with Crippen LogP contribution >= 0.6 is 11.3 Å². The topological polar surface area (TPSA) is 95.4 Å². The number of rotatable bonds is 4. The largest absolute Gasteiger partial charge is 0.489 e. The Morgan fingerprint density at radius 2 is 1.84 bits per heavy atom. The summed E-state index contributed by atoms with van der Waals surface area (Å²) in [4.78, 5) is 34.8. The SMILES string of the molecule is CC1CCc2c(ccc(-c3csc(N4CCN(C(=O)OC(C)(C)C)CC4)n3)c2OC2CCC2)N1C(=O)O. The number of fused-ring (bicyclic) bond motifs is 1. The minimum absolute atomic E-state index is 0.0716. The lowest BCUT2D eigenvalue weighted by molar-refractivity contribution is 0.0240. The average molecular weight is 529 g/mol. The van der Waals surface area contributed by atoms with Gasteiger partial charge in [0, 0.05) is 48.7 Å². The molecule has 37 heavy (non-hydrogen) atoms. The van der Waals surface area contributed by atoms with Crippen LogP contribution in [0.2, 0.25) is 0 Å². The second-order valence-corrected chi connectivity index (χ2v) is 12.0. The summed E-state index contributed by atoms with van der Waals surface area (Å²) in [6.07, 6.45) is 3.69. The fourth-order valence-corrected chi connectivity index (χ4v) is 5.91. The summed E-state index contributed by atoms with van der Waals surface area (Å²) in [5.41, 5.74) is 2.93. The lowest BCUT2D eigenvalue weighted by Gasteiger charge is -2.36. The Hall–Kier alpha value is -3.01. The van der Waals surface area contributed by atoms with Gasteiger partial charge in [-0.2, -0.15) is 0 Å². The van der Waals surface area contributed by atoms with E-state index in [1.165, 1.54) is 4.90 Å². The number of carbonyl (C=O) groups is 2. The van der Waals surface area contributed by atoms with Gasteiger partial charge >= 0.3 is 12.2 Å². The second-order valence-electron chi connectivity index (χ2n) is 11.1. The van der Waals surface area contributed by atoms with Crippen molar-refractivity contribution in [1.29, 1.82) is 0 Å². The minimum Gasteiger partial charge on any atom is -0.489 e. The number of piperazine rings is 1. The number of amides is 2. The van der Waals surface area contributed by atoms with Crippen LogP contribution < -0.4 is 14.5 Å². The first kappa shape index (κ1) is 25.6. The quantitative estimate of drug-likeness (QED) is 0.550. The number of thiazole rings is 1. The van der Waals surface area contributed by atoms with Crippen LogP contribution in [-0.4, -0.2) is 71.1 Å². The van der Waals surface area contributed by atoms with E-state index >= 15 is 0 Å². The second kappa shape index (κ2) is 10.0. The first-order valence-corrected chi connectivity index (χ1v) is 14.0. The molecule has 2 aromatic rings. The molecule has 1 atom stereocenters. The van der Waals surface area contributed by atoms with Crippen LogP contribution in [0.4, 0.5) is 20.4 Å². The zero-order valence-corrected chi connectivity index (χ0v) is 22.8. The molecule has 1 saturated carbocycles. The van der Waals surface area contributed by atoms with Crippen LogP contribution in [0, 0.1) is 0 Å². The predicted molar refractivity (Wildman–Crippen MR) is 144 cm³/mol. The van der Waals surface area contributed by atoms with Gasteiger partial charge in [-0.15, -0.1) is 11.3 Å². The van der Waals surface area contributed by atoms with E-state index in [1.807, 2.05) is 45.2 Å². The molecule has 2 fully saturated rings. The van der Waals surface area contributed by atoms with Gasteiger partial charge in [0.25, 0.3) is 0 Å². The van der Waals surface area contributed by atoms with Gasteiger partial charge in [-0.05, 0) is 71.9 Å². The molecule has 0 bridgehead atoms. The number of carboxylic acid groups (broad SMARTS) is 1. The van der Waals surface area contributed by atoms with Gasteiger partial charge in [-0.25, -0.2) is 14.6 Å². The molecule has 1 aliphatic carbocycles. The molecule has 0 radical (unpaired) electrons. The summed E-state index contributed by atoms with van der Waals surface area (Å²) in [5.74, 6) is 0.784. The number of anilines is 2. The summed E-state index contributed by atoms with van der Waals surface area (Å²) in [6.45, 7) is 10.1. The molecular weight excluding hydrogens is 492 g/mol. The first-order valence-electron chi connectivity index (χ1n) is 13.1. The Morgan fingerprint density at radius 3 is 2.46 bits per heavy atom. The summed E-state index contributed by atoms with van der Waals surface area (Å²) < 4.78 is 12.0. The van der Waals surface area contributed by atoms with Gasteiger partial charge in [-0.3, -0.25) is 4.90 Å². The van der Waals surface area contributed by atoms with Gasteiger partial charge < -0.3 is 24.4 Å². The van der Waals surface area contributed by atoms with Crippen LogP contribution in [0.3, 0.4) is 0 Å². The summed E-state index contributed by atoms with van der Waals surface area (Å²) in [7, 11) is 0. The van der Waals surface area contributed by atoms with Crippen LogP contribution in [-0.2, 0) is 11.2 Å². The third-order valence-electron chi connectivity index (χ3n) is 7.26. The molecule has 1 aromatic carbocycles. The third kappa shape index (κ3) is 5.35. The van der Waals surface area contributed by atoms with E-state index in [0.717, 1.165) is 65.5 Å². The van der Waals surface area contributed by atoms with Gasteiger partial charge in [-0.1, -0.05) is 0 Å². The van der Waals surface area contributed by atoms with Crippen molar-refractivity contribution in [1.82, 2.24) is 9.88 Å². The molecule has 1 unspecified atom stereocenters. The Bertz CT molecular complexity index is 1160. The summed E-state index contributed by atoms with van der Waals surface area (Å²) in [6, 6.07) is 3.79. The van der Waals surface area contributed by atoms with Gasteiger partial charge in [0.2, 0.25) is 0 Å². The Kier molecular flexibility index (Phi) is 6.95. The molecule has 0 spiro atoms. The predicted octanol–water partition coefficient (Wildman–Crippen LogP) is 5.62. The Labute approximate surface area is 222 Å². The Balaban J connectivity index is 1.37.